The standard InChI is InChI=1S/C16H14O6/c17-8-10-13(19)12(15(21)16(22)14(10)20)11(18)7-6-9-4-2-1-3-5-9/h1-5,8,19-22H,6-7H2. The zero-order chi connectivity index (χ0) is 16.3. The zero-order valence-electron chi connectivity index (χ0n) is 11.5. The van der Waals surface area contributed by atoms with E-state index in [2.05, 4.69) is 0 Å². The summed E-state index contributed by atoms with van der Waals surface area (Å²) in [5.41, 5.74) is -0.333. The van der Waals surface area contributed by atoms with Gasteiger partial charge in [-0.3, -0.25) is 9.59 Å². The molecule has 22 heavy (non-hydrogen) atoms. The van der Waals surface area contributed by atoms with E-state index in [9.17, 15) is 30.0 Å². The molecule has 0 aliphatic heterocycles. The van der Waals surface area contributed by atoms with Gasteiger partial charge in [0, 0.05) is 6.42 Å². The summed E-state index contributed by atoms with van der Waals surface area (Å²) in [6.45, 7) is 0. The third-order valence-electron chi connectivity index (χ3n) is 3.31. The van der Waals surface area contributed by atoms with Crippen molar-refractivity contribution in [2.45, 2.75) is 12.8 Å². The first-order chi connectivity index (χ1) is 10.5. The van der Waals surface area contributed by atoms with Gasteiger partial charge in [-0.15, -0.1) is 0 Å². The summed E-state index contributed by atoms with van der Waals surface area (Å²) in [6.07, 6.45) is 0.405. The van der Waals surface area contributed by atoms with Gasteiger partial charge in [-0.25, -0.2) is 0 Å². The Morgan fingerprint density at radius 1 is 0.909 bits per heavy atom. The smallest absolute Gasteiger partial charge is 0.202 e. The molecule has 6 heteroatoms. The molecule has 0 spiro atoms. The molecule has 0 aliphatic rings. The van der Waals surface area contributed by atoms with Gasteiger partial charge in [-0.2, -0.15) is 0 Å². The number of ketones is 1. The molecule has 0 bridgehead atoms. The maximum absolute atomic E-state index is 12.2. The molecule has 0 saturated heterocycles. The van der Waals surface area contributed by atoms with Crippen molar-refractivity contribution in [3.05, 3.63) is 47.0 Å². The molecular formula is C16H14O6. The number of aldehydes is 1. The lowest BCUT2D eigenvalue weighted by Crippen LogP contribution is -2.04. The highest BCUT2D eigenvalue weighted by Gasteiger charge is 2.27. The summed E-state index contributed by atoms with van der Waals surface area (Å²) in [6, 6.07) is 9.09. The van der Waals surface area contributed by atoms with E-state index >= 15 is 0 Å². The van der Waals surface area contributed by atoms with Gasteiger partial charge in [0.15, 0.2) is 23.6 Å². The molecule has 0 unspecified atom stereocenters. The van der Waals surface area contributed by atoms with E-state index in [1.165, 1.54) is 0 Å². The molecule has 0 atom stereocenters. The fraction of sp³-hybridized carbons (Fsp3) is 0.125. The highest BCUT2D eigenvalue weighted by Crippen LogP contribution is 2.46. The summed E-state index contributed by atoms with van der Waals surface area (Å²) < 4.78 is 0. The number of carbonyl (C=O) groups excluding carboxylic acids is 2. The van der Waals surface area contributed by atoms with Crippen LogP contribution in [0.5, 0.6) is 23.0 Å². The van der Waals surface area contributed by atoms with Crippen molar-refractivity contribution in [1.29, 1.82) is 0 Å². The number of hydrogen-bond acceptors (Lipinski definition) is 6. The van der Waals surface area contributed by atoms with Crippen LogP contribution in [0.15, 0.2) is 30.3 Å². The number of hydrogen-bond donors (Lipinski definition) is 4. The normalized spacial score (nSPS) is 10.4. The van der Waals surface area contributed by atoms with Gasteiger partial charge in [-0.1, -0.05) is 30.3 Å². The Bertz CT molecular complexity index is 721. The van der Waals surface area contributed by atoms with Crippen LogP contribution in [0.2, 0.25) is 0 Å². The molecule has 0 saturated carbocycles. The van der Waals surface area contributed by atoms with E-state index in [-0.39, 0.29) is 12.7 Å². The molecule has 0 amide bonds. The minimum Gasteiger partial charge on any atom is -0.506 e. The number of Topliss-reactive ketones (excluding diaryl/α,β-unsaturated/α-hetero) is 1. The van der Waals surface area contributed by atoms with Crippen LogP contribution < -0.4 is 0 Å². The van der Waals surface area contributed by atoms with Crippen molar-refractivity contribution in [3.63, 3.8) is 0 Å². The van der Waals surface area contributed by atoms with Crippen LogP contribution in [-0.4, -0.2) is 32.5 Å². The molecule has 0 aromatic heterocycles. The van der Waals surface area contributed by atoms with Crippen LogP contribution in [0.1, 0.15) is 32.7 Å². The van der Waals surface area contributed by atoms with E-state index in [0.717, 1.165) is 5.56 Å². The van der Waals surface area contributed by atoms with E-state index in [1.807, 2.05) is 30.3 Å². The second kappa shape index (κ2) is 6.17. The number of aryl methyl sites for hydroxylation is 1. The topological polar surface area (TPSA) is 115 Å². The number of carbonyl (C=O) groups is 2. The van der Waals surface area contributed by atoms with Crippen LogP contribution >= 0.6 is 0 Å². The lowest BCUT2D eigenvalue weighted by atomic mass is 9.98. The Balaban J connectivity index is 2.34. The predicted octanol–water partition coefficient (Wildman–Crippen LogP) is 2.14. The highest BCUT2D eigenvalue weighted by molar-refractivity contribution is 6.05. The second-order valence-electron chi connectivity index (χ2n) is 4.71. The molecule has 0 aliphatic carbocycles. The average Bonchev–Trinajstić information content (AvgIpc) is 2.52. The monoisotopic (exact) mass is 302 g/mol. The summed E-state index contributed by atoms with van der Waals surface area (Å²) in [5.74, 6) is -4.43. The number of phenolic OH excluding ortho intramolecular Hbond substituents is 4. The number of benzene rings is 2. The minimum absolute atomic E-state index is 0.0480. The Hall–Kier alpha value is -3.02. The number of aromatic hydroxyl groups is 4. The lowest BCUT2D eigenvalue weighted by Gasteiger charge is -2.12. The maximum atomic E-state index is 12.2. The number of rotatable bonds is 5. The Morgan fingerprint density at radius 3 is 2.14 bits per heavy atom. The van der Waals surface area contributed by atoms with Crippen molar-refractivity contribution in [1.82, 2.24) is 0 Å². The quantitative estimate of drug-likeness (QED) is 0.291. The van der Waals surface area contributed by atoms with Crippen LogP contribution in [0.25, 0.3) is 0 Å². The van der Waals surface area contributed by atoms with E-state index < -0.39 is 39.9 Å². The molecule has 2 aromatic carbocycles. The largest absolute Gasteiger partial charge is 0.506 e. The molecule has 0 fully saturated rings. The van der Waals surface area contributed by atoms with Gasteiger partial charge >= 0.3 is 0 Å². The fourth-order valence-corrected chi connectivity index (χ4v) is 2.12. The van der Waals surface area contributed by atoms with Gasteiger partial charge in [0.25, 0.3) is 0 Å². The fourth-order valence-electron chi connectivity index (χ4n) is 2.12. The molecule has 0 radical (unpaired) electrons. The van der Waals surface area contributed by atoms with Gasteiger partial charge in [0.1, 0.15) is 16.9 Å². The maximum Gasteiger partial charge on any atom is 0.202 e. The third-order valence-corrected chi connectivity index (χ3v) is 3.31. The summed E-state index contributed by atoms with van der Waals surface area (Å²) in [5, 5.41) is 38.6. The van der Waals surface area contributed by atoms with E-state index in [1.54, 1.807) is 0 Å². The predicted molar refractivity (Wildman–Crippen MR) is 77.6 cm³/mol. The molecule has 6 nitrogen and oxygen atoms in total. The molecule has 0 heterocycles. The van der Waals surface area contributed by atoms with Gasteiger partial charge in [0.2, 0.25) is 5.75 Å². The van der Waals surface area contributed by atoms with Crippen LogP contribution in [0.4, 0.5) is 0 Å². The van der Waals surface area contributed by atoms with Gasteiger partial charge in [0.05, 0.1) is 0 Å². The Labute approximate surface area is 125 Å². The molecular weight excluding hydrogens is 288 g/mol. The van der Waals surface area contributed by atoms with Crippen LogP contribution in [-0.2, 0) is 6.42 Å². The van der Waals surface area contributed by atoms with Crippen LogP contribution in [0.3, 0.4) is 0 Å². The summed E-state index contributed by atoms with van der Waals surface area (Å²) in [7, 11) is 0. The van der Waals surface area contributed by atoms with Crippen molar-refractivity contribution < 1.29 is 30.0 Å². The zero-order valence-corrected chi connectivity index (χ0v) is 11.5. The average molecular weight is 302 g/mol. The highest BCUT2D eigenvalue weighted by atomic mass is 16.3. The number of phenols is 4. The molecule has 2 rings (SSSR count). The SMILES string of the molecule is O=Cc1c(O)c(O)c(O)c(C(=O)CCc2ccccc2)c1O. The van der Waals surface area contributed by atoms with Crippen molar-refractivity contribution in [3.8, 4) is 23.0 Å². The molecule has 114 valence electrons. The first-order valence-electron chi connectivity index (χ1n) is 6.49. The molecule has 2 aromatic rings. The molecule has 4 N–H and O–H groups in total. The Morgan fingerprint density at radius 2 is 1.55 bits per heavy atom. The van der Waals surface area contributed by atoms with Crippen LogP contribution in [0, 0.1) is 0 Å². The first kappa shape index (κ1) is 15.4. The third kappa shape index (κ3) is 2.71. The summed E-state index contributed by atoms with van der Waals surface area (Å²) in [4.78, 5) is 23.0. The van der Waals surface area contributed by atoms with Crippen molar-refractivity contribution in [2.75, 3.05) is 0 Å². The Kier molecular flexibility index (Phi) is 4.31. The van der Waals surface area contributed by atoms with Crippen molar-refractivity contribution in [2.24, 2.45) is 0 Å². The minimum atomic E-state index is -1.01. The van der Waals surface area contributed by atoms with Gasteiger partial charge in [-0.05, 0) is 12.0 Å². The van der Waals surface area contributed by atoms with E-state index in [4.69, 9.17) is 0 Å². The first-order valence-corrected chi connectivity index (χ1v) is 6.49. The van der Waals surface area contributed by atoms with Crippen molar-refractivity contribution >= 4 is 12.1 Å². The van der Waals surface area contributed by atoms with Gasteiger partial charge < -0.3 is 20.4 Å². The van der Waals surface area contributed by atoms with E-state index in [0.29, 0.717) is 6.42 Å². The lowest BCUT2D eigenvalue weighted by molar-refractivity contribution is 0.0976. The second-order valence-corrected chi connectivity index (χ2v) is 4.71. The summed E-state index contributed by atoms with van der Waals surface area (Å²) >= 11 is 0.